The number of hydrogen-bond donors (Lipinski definition) is 2. The highest BCUT2D eigenvalue weighted by atomic mass is 16.4. The van der Waals surface area contributed by atoms with Gasteiger partial charge < -0.3 is 10.2 Å². The van der Waals surface area contributed by atoms with Gasteiger partial charge in [0.05, 0.1) is 0 Å². The highest BCUT2D eigenvalue weighted by Gasteiger charge is 2.01. The summed E-state index contributed by atoms with van der Waals surface area (Å²) in [4.78, 5) is 18.9. The molecule has 0 saturated carbocycles. The first-order valence-corrected chi connectivity index (χ1v) is 4.97. The van der Waals surface area contributed by atoms with Gasteiger partial charge in [-0.1, -0.05) is 48.5 Å². The Hall–Kier alpha value is -2.36. The molecule has 0 amide bonds. The van der Waals surface area contributed by atoms with Crippen LogP contribution in [-0.2, 0) is 9.59 Å². The predicted molar refractivity (Wildman–Crippen MR) is 63.8 cm³/mol. The maximum atomic E-state index is 9.43. The molecule has 2 rings (SSSR count). The third-order valence-corrected chi connectivity index (χ3v) is 1.96. The third-order valence-electron chi connectivity index (χ3n) is 1.96. The van der Waals surface area contributed by atoms with Crippen molar-refractivity contribution in [2.75, 3.05) is 0 Å². The minimum atomic E-state index is -1.31. The monoisotopic (exact) mass is 232 g/mol. The normalized spacial score (nSPS) is 9.18. The molecule has 0 unspecified atom stereocenters. The van der Waals surface area contributed by atoms with Gasteiger partial charge in [-0.25, -0.2) is 0 Å². The molecular formula is C13H12O4. The summed E-state index contributed by atoms with van der Waals surface area (Å²) in [5.74, 6) is -2.62. The van der Waals surface area contributed by atoms with Gasteiger partial charge in [-0.15, -0.1) is 0 Å². The Kier molecular flexibility index (Phi) is 4.69. The Balaban J connectivity index is 0.000000185. The summed E-state index contributed by atoms with van der Waals surface area (Å²) in [6, 6.07) is 16.7. The van der Waals surface area contributed by atoms with Crippen LogP contribution in [0, 0.1) is 0 Å². The van der Waals surface area contributed by atoms with Crippen molar-refractivity contribution < 1.29 is 19.8 Å². The van der Waals surface area contributed by atoms with Gasteiger partial charge in [-0.05, 0) is 10.8 Å². The molecule has 88 valence electrons. The fraction of sp³-hybridized carbons (Fsp3) is 0.0769. The molecular weight excluding hydrogens is 220 g/mol. The van der Waals surface area contributed by atoms with Crippen molar-refractivity contribution in [2.24, 2.45) is 0 Å². The van der Waals surface area contributed by atoms with Crippen LogP contribution >= 0.6 is 0 Å². The quantitative estimate of drug-likeness (QED) is 0.779. The van der Waals surface area contributed by atoms with Gasteiger partial charge in [0, 0.05) is 0 Å². The number of benzene rings is 2. The van der Waals surface area contributed by atoms with E-state index in [1.165, 1.54) is 10.8 Å². The fourth-order valence-corrected chi connectivity index (χ4v) is 1.26. The maximum Gasteiger partial charge on any atom is 0.314 e. The number of hydrogen-bond acceptors (Lipinski definition) is 2. The van der Waals surface area contributed by atoms with Gasteiger partial charge in [-0.3, -0.25) is 9.59 Å². The van der Waals surface area contributed by atoms with E-state index in [9.17, 15) is 9.59 Å². The summed E-state index contributed by atoms with van der Waals surface area (Å²) in [5.41, 5.74) is 0. The first kappa shape index (κ1) is 12.7. The van der Waals surface area contributed by atoms with Crippen molar-refractivity contribution in [3.63, 3.8) is 0 Å². The van der Waals surface area contributed by atoms with Gasteiger partial charge in [0.15, 0.2) is 0 Å². The summed E-state index contributed by atoms with van der Waals surface area (Å²) in [6.07, 6.45) is -0.806. The zero-order valence-corrected chi connectivity index (χ0v) is 9.04. The van der Waals surface area contributed by atoms with Crippen LogP contribution < -0.4 is 0 Å². The van der Waals surface area contributed by atoms with Crippen LogP contribution in [0.25, 0.3) is 10.8 Å². The van der Waals surface area contributed by atoms with Crippen LogP contribution in [-0.4, -0.2) is 22.2 Å². The summed E-state index contributed by atoms with van der Waals surface area (Å²) in [5, 5.41) is 18.0. The van der Waals surface area contributed by atoms with E-state index in [-0.39, 0.29) is 0 Å². The van der Waals surface area contributed by atoms with Crippen LogP contribution in [0.3, 0.4) is 0 Å². The predicted octanol–water partition coefficient (Wildman–Crippen LogP) is 2.39. The smallest absolute Gasteiger partial charge is 0.314 e. The zero-order chi connectivity index (χ0) is 12.7. The molecule has 0 aliphatic rings. The van der Waals surface area contributed by atoms with Crippen LogP contribution in [0.15, 0.2) is 48.5 Å². The van der Waals surface area contributed by atoms with E-state index in [2.05, 4.69) is 48.5 Å². The molecule has 0 aliphatic heterocycles. The van der Waals surface area contributed by atoms with Gasteiger partial charge in [0.2, 0.25) is 0 Å². The highest BCUT2D eigenvalue weighted by molar-refractivity contribution is 5.88. The molecule has 2 N–H and O–H groups in total. The second-order valence-electron chi connectivity index (χ2n) is 3.31. The second kappa shape index (κ2) is 6.27. The summed E-state index contributed by atoms with van der Waals surface area (Å²) in [6.45, 7) is 0. The largest absolute Gasteiger partial charge is 0.481 e. The van der Waals surface area contributed by atoms with Crippen molar-refractivity contribution in [1.29, 1.82) is 0 Å². The van der Waals surface area contributed by atoms with E-state index in [1.54, 1.807) is 0 Å². The molecule has 0 heterocycles. The molecule has 2 aromatic carbocycles. The molecule has 4 heteroatoms. The van der Waals surface area contributed by atoms with Crippen molar-refractivity contribution in [1.82, 2.24) is 0 Å². The topological polar surface area (TPSA) is 74.6 Å². The van der Waals surface area contributed by atoms with Gasteiger partial charge in [-0.2, -0.15) is 0 Å². The van der Waals surface area contributed by atoms with Gasteiger partial charge in [0.25, 0.3) is 0 Å². The SMILES string of the molecule is O=C(O)CC(=O)O.c1ccc2ccccc2c1. The molecule has 0 saturated heterocycles. The summed E-state index contributed by atoms with van der Waals surface area (Å²) >= 11 is 0. The average molecular weight is 232 g/mol. The van der Waals surface area contributed by atoms with Gasteiger partial charge in [0.1, 0.15) is 6.42 Å². The van der Waals surface area contributed by atoms with E-state index < -0.39 is 18.4 Å². The van der Waals surface area contributed by atoms with E-state index >= 15 is 0 Å². The molecule has 17 heavy (non-hydrogen) atoms. The molecule has 0 spiro atoms. The number of carboxylic acids is 2. The van der Waals surface area contributed by atoms with E-state index in [0.29, 0.717) is 0 Å². The summed E-state index contributed by atoms with van der Waals surface area (Å²) in [7, 11) is 0. The minimum absolute atomic E-state index is 0.806. The average Bonchev–Trinajstić information content (AvgIpc) is 2.28. The number of rotatable bonds is 2. The zero-order valence-electron chi connectivity index (χ0n) is 9.04. The van der Waals surface area contributed by atoms with E-state index in [1.807, 2.05) is 0 Å². The van der Waals surface area contributed by atoms with Crippen LogP contribution in [0.5, 0.6) is 0 Å². The van der Waals surface area contributed by atoms with Crippen molar-refractivity contribution >= 4 is 22.7 Å². The fourth-order valence-electron chi connectivity index (χ4n) is 1.26. The van der Waals surface area contributed by atoms with Crippen LogP contribution in [0.2, 0.25) is 0 Å². The molecule has 4 nitrogen and oxygen atoms in total. The van der Waals surface area contributed by atoms with Crippen molar-refractivity contribution in [2.45, 2.75) is 6.42 Å². The second-order valence-corrected chi connectivity index (χ2v) is 3.31. The third kappa shape index (κ3) is 4.79. The van der Waals surface area contributed by atoms with Crippen LogP contribution in [0.4, 0.5) is 0 Å². The molecule has 0 atom stereocenters. The Labute approximate surface area is 98.1 Å². The van der Waals surface area contributed by atoms with Crippen molar-refractivity contribution in [3.05, 3.63) is 48.5 Å². The molecule has 0 aliphatic carbocycles. The number of carboxylic acid groups (broad SMARTS) is 2. The summed E-state index contributed by atoms with van der Waals surface area (Å²) < 4.78 is 0. The molecule has 0 radical (unpaired) electrons. The molecule has 0 aromatic heterocycles. The lowest BCUT2D eigenvalue weighted by Gasteiger charge is -1.92. The molecule has 2 aromatic rings. The van der Waals surface area contributed by atoms with E-state index in [4.69, 9.17) is 10.2 Å². The maximum absolute atomic E-state index is 9.43. The Bertz CT molecular complexity index is 442. The minimum Gasteiger partial charge on any atom is -0.481 e. The Morgan fingerprint density at radius 3 is 1.24 bits per heavy atom. The first-order chi connectivity index (χ1) is 8.09. The number of aliphatic carboxylic acids is 2. The molecule has 0 bridgehead atoms. The lowest BCUT2D eigenvalue weighted by Crippen LogP contribution is -2.03. The lowest BCUT2D eigenvalue weighted by atomic mass is 10.1. The number of fused-ring (bicyclic) bond motifs is 1. The van der Waals surface area contributed by atoms with Gasteiger partial charge >= 0.3 is 11.9 Å². The van der Waals surface area contributed by atoms with E-state index in [0.717, 1.165) is 0 Å². The first-order valence-electron chi connectivity index (χ1n) is 4.97. The Morgan fingerprint density at radius 1 is 0.765 bits per heavy atom. The van der Waals surface area contributed by atoms with Crippen molar-refractivity contribution in [3.8, 4) is 0 Å². The number of carbonyl (C=O) groups is 2. The van der Waals surface area contributed by atoms with Crippen LogP contribution in [0.1, 0.15) is 6.42 Å². The highest BCUT2D eigenvalue weighted by Crippen LogP contribution is 2.11. The Morgan fingerprint density at radius 2 is 1.06 bits per heavy atom. The lowest BCUT2D eigenvalue weighted by molar-refractivity contribution is -0.147. The molecule has 0 fully saturated rings. The standard InChI is InChI=1S/C10H8.C3H4O4/c1-2-6-10-8-4-3-7-9(10)5-1;4-2(5)1-3(6)7/h1-8H;1H2,(H,4,5)(H,6,7).